The Morgan fingerprint density at radius 3 is 2.70 bits per heavy atom. The molecule has 0 bridgehead atoms. The van der Waals surface area contributed by atoms with Crippen molar-refractivity contribution in [1.82, 2.24) is 4.57 Å². The Morgan fingerprint density at radius 2 is 1.97 bits per heavy atom. The van der Waals surface area contributed by atoms with Gasteiger partial charge in [-0.1, -0.05) is 34.1 Å². The Morgan fingerprint density at radius 1 is 1.23 bits per heavy atom. The zero-order valence-electron chi connectivity index (χ0n) is 15.8. The van der Waals surface area contributed by atoms with E-state index in [0.29, 0.717) is 27.1 Å². The third-order valence-corrected chi connectivity index (χ3v) is 5.61. The van der Waals surface area contributed by atoms with Gasteiger partial charge in [0.05, 0.1) is 12.1 Å². The lowest BCUT2D eigenvalue weighted by Gasteiger charge is -2.16. The van der Waals surface area contributed by atoms with E-state index >= 15 is 0 Å². The topological polar surface area (TPSA) is 102 Å². The second-order valence-electron chi connectivity index (χ2n) is 6.70. The fraction of sp³-hybridized carbons (Fsp3) is 0.136. The highest BCUT2D eigenvalue weighted by atomic mass is 79.9. The van der Waals surface area contributed by atoms with Gasteiger partial charge in [0.1, 0.15) is 11.6 Å². The van der Waals surface area contributed by atoms with Gasteiger partial charge < -0.3 is 14.6 Å². The molecule has 1 N–H and O–H groups in total. The van der Waals surface area contributed by atoms with Crippen molar-refractivity contribution in [2.45, 2.75) is 13.5 Å². The summed E-state index contributed by atoms with van der Waals surface area (Å²) in [6, 6.07) is 13.7. The van der Waals surface area contributed by atoms with Crippen LogP contribution in [-0.4, -0.2) is 22.2 Å². The number of ketones is 1. The van der Waals surface area contributed by atoms with Gasteiger partial charge in [-0.15, -0.1) is 0 Å². The van der Waals surface area contributed by atoms with E-state index in [1.54, 1.807) is 42.5 Å². The van der Waals surface area contributed by atoms with Crippen molar-refractivity contribution >= 4 is 21.7 Å². The van der Waals surface area contributed by atoms with Crippen molar-refractivity contribution in [3.8, 4) is 23.4 Å². The van der Waals surface area contributed by atoms with Crippen LogP contribution >= 0.6 is 15.9 Å². The van der Waals surface area contributed by atoms with Crippen molar-refractivity contribution in [3.63, 3.8) is 0 Å². The molecule has 1 aromatic heterocycles. The molecule has 0 aliphatic carbocycles. The largest absolute Gasteiger partial charge is 0.494 e. The number of aromatic hydroxyl groups is 1. The van der Waals surface area contributed by atoms with Crippen LogP contribution in [-0.2, 0) is 6.54 Å². The van der Waals surface area contributed by atoms with E-state index in [-0.39, 0.29) is 30.0 Å². The molecule has 0 amide bonds. The number of halogens is 1. The molecule has 2 heterocycles. The molecule has 8 heteroatoms. The maximum atomic E-state index is 13.2. The molecule has 1 aliphatic heterocycles. The van der Waals surface area contributed by atoms with Crippen LogP contribution in [0, 0.1) is 18.3 Å². The molecule has 4 rings (SSSR count). The third kappa shape index (κ3) is 3.23. The van der Waals surface area contributed by atoms with Crippen LogP contribution in [0.15, 0.2) is 51.7 Å². The summed E-state index contributed by atoms with van der Waals surface area (Å²) in [4.78, 5) is 26.1. The van der Waals surface area contributed by atoms with Gasteiger partial charge in [-0.25, -0.2) is 0 Å². The third-order valence-electron chi connectivity index (χ3n) is 4.92. The summed E-state index contributed by atoms with van der Waals surface area (Å²) >= 11 is 3.33. The Labute approximate surface area is 179 Å². The van der Waals surface area contributed by atoms with Crippen molar-refractivity contribution in [1.29, 1.82) is 5.26 Å². The molecule has 0 unspecified atom stereocenters. The Balaban J connectivity index is 1.87. The monoisotopic (exact) mass is 466 g/mol. The predicted octanol–water partition coefficient (Wildman–Crippen LogP) is 3.50. The minimum atomic E-state index is -0.672. The van der Waals surface area contributed by atoms with E-state index in [4.69, 9.17) is 9.47 Å². The number of nitrogens with zero attached hydrogens (tertiary/aromatic N) is 2. The van der Waals surface area contributed by atoms with Crippen LogP contribution < -0.4 is 15.0 Å². The number of aromatic nitrogens is 1. The lowest BCUT2D eigenvalue weighted by molar-refractivity contribution is 0.103. The number of benzene rings is 2. The molecule has 1 aliphatic rings. The van der Waals surface area contributed by atoms with E-state index in [1.807, 2.05) is 6.07 Å². The zero-order valence-corrected chi connectivity index (χ0v) is 17.4. The lowest BCUT2D eigenvalue weighted by Crippen LogP contribution is -2.27. The summed E-state index contributed by atoms with van der Waals surface area (Å²) in [5.74, 6) is 0.127. The minimum Gasteiger partial charge on any atom is -0.494 e. The zero-order chi connectivity index (χ0) is 21.4. The number of carbonyl (C=O) groups excluding carboxylic acids is 1. The van der Waals surface area contributed by atoms with Crippen molar-refractivity contribution in [3.05, 3.63) is 85.1 Å². The molecule has 30 heavy (non-hydrogen) atoms. The molecule has 0 saturated heterocycles. The van der Waals surface area contributed by atoms with Crippen molar-refractivity contribution in [2.24, 2.45) is 0 Å². The number of carbonyl (C=O) groups is 1. The second-order valence-corrected chi connectivity index (χ2v) is 7.55. The Hall–Kier alpha value is -3.57. The molecule has 0 saturated carbocycles. The molecule has 7 nitrogen and oxygen atoms in total. The maximum Gasteiger partial charge on any atom is 0.271 e. The number of fused-ring (bicyclic) bond motifs is 1. The van der Waals surface area contributed by atoms with Crippen molar-refractivity contribution < 1.29 is 19.4 Å². The molecule has 0 atom stereocenters. The lowest BCUT2D eigenvalue weighted by atomic mass is 9.97. The molecule has 2 aromatic carbocycles. The summed E-state index contributed by atoms with van der Waals surface area (Å²) in [5.41, 5.74) is 0.149. The molecule has 3 aromatic rings. The smallest absolute Gasteiger partial charge is 0.271 e. The van der Waals surface area contributed by atoms with Gasteiger partial charge in [0.2, 0.25) is 12.7 Å². The summed E-state index contributed by atoms with van der Waals surface area (Å²) < 4.78 is 12.2. The molecular weight excluding hydrogens is 452 g/mol. The first kappa shape index (κ1) is 19.7. The second kappa shape index (κ2) is 7.69. The number of ether oxygens (including phenoxy) is 2. The van der Waals surface area contributed by atoms with Gasteiger partial charge in [0.25, 0.3) is 5.56 Å². The van der Waals surface area contributed by atoms with Gasteiger partial charge in [0.15, 0.2) is 17.3 Å². The standard InChI is InChI=1S/C22H15BrN2O5/c1-12-15(9-24)21(27)25(10-13-6-7-17-18(8-13)30-11-29-17)22(28)19(12)20(26)14-4-2-3-5-16(14)23/h2-8,28H,10-11H2,1H3. The SMILES string of the molecule is Cc1c(C(=O)c2ccccc2Br)c(O)n(Cc2ccc3c(c2)OCO3)c(=O)c1C#N. The van der Waals surface area contributed by atoms with E-state index in [2.05, 4.69) is 15.9 Å². The Bertz CT molecular complexity index is 1290. The average Bonchev–Trinajstić information content (AvgIpc) is 3.19. The van der Waals surface area contributed by atoms with Crippen LogP contribution in [0.5, 0.6) is 17.4 Å². The van der Waals surface area contributed by atoms with E-state index in [9.17, 15) is 20.0 Å². The number of rotatable bonds is 4. The van der Waals surface area contributed by atoms with E-state index in [0.717, 1.165) is 4.57 Å². The first-order valence-electron chi connectivity index (χ1n) is 8.96. The first-order valence-corrected chi connectivity index (χ1v) is 9.76. The van der Waals surface area contributed by atoms with Crippen molar-refractivity contribution in [2.75, 3.05) is 6.79 Å². The van der Waals surface area contributed by atoms with Gasteiger partial charge in [-0.2, -0.15) is 5.26 Å². The quantitative estimate of drug-likeness (QED) is 0.590. The molecule has 150 valence electrons. The van der Waals surface area contributed by atoms with E-state index in [1.165, 1.54) is 6.92 Å². The first-order chi connectivity index (χ1) is 14.4. The molecule has 0 fully saturated rings. The molecule has 0 radical (unpaired) electrons. The predicted molar refractivity (Wildman–Crippen MR) is 111 cm³/mol. The number of hydrogen-bond acceptors (Lipinski definition) is 6. The summed E-state index contributed by atoms with van der Waals surface area (Å²) in [7, 11) is 0. The van der Waals surface area contributed by atoms with E-state index < -0.39 is 17.2 Å². The van der Waals surface area contributed by atoms with Gasteiger partial charge in [0, 0.05) is 10.0 Å². The van der Waals surface area contributed by atoms with Gasteiger partial charge in [-0.05, 0) is 42.3 Å². The maximum absolute atomic E-state index is 13.2. The highest BCUT2D eigenvalue weighted by Gasteiger charge is 2.26. The minimum absolute atomic E-state index is 0.0491. The molecular formula is C22H15BrN2O5. The van der Waals surface area contributed by atoms with Gasteiger partial charge >= 0.3 is 0 Å². The summed E-state index contributed by atoms with van der Waals surface area (Å²) in [6.45, 7) is 1.54. The highest BCUT2D eigenvalue weighted by molar-refractivity contribution is 9.10. The number of pyridine rings is 1. The van der Waals surface area contributed by atoms with Gasteiger partial charge in [-0.3, -0.25) is 14.2 Å². The molecule has 0 spiro atoms. The normalized spacial score (nSPS) is 11.9. The average molecular weight is 467 g/mol. The Kier molecular flexibility index (Phi) is 5.06. The van der Waals surface area contributed by atoms with Crippen LogP contribution in [0.1, 0.15) is 32.6 Å². The van der Waals surface area contributed by atoms with Crippen LogP contribution in [0.3, 0.4) is 0 Å². The highest BCUT2D eigenvalue weighted by Crippen LogP contribution is 2.33. The summed E-state index contributed by atoms with van der Waals surface area (Å²) in [5, 5.41) is 20.4. The fourth-order valence-electron chi connectivity index (χ4n) is 3.37. The fourth-order valence-corrected chi connectivity index (χ4v) is 3.84. The van der Waals surface area contributed by atoms with Crippen LogP contribution in [0.2, 0.25) is 0 Å². The van der Waals surface area contributed by atoms with Crippen LogP contribution in [0.4, 0.5) is 0 Å². The number of hydrogen-bond donors (Lipinski definition) is 1. The van der Waals surface area contributed by atoms with Crippen LogP contribution in [0.25, 0.3) is 0 Å². The summed E-state index contributed by atoms with van der Waals surface area (Å²) in [6.07, 6.45) is 0. The number of nitriles is 1.